The third-order valence-electron chi connectivity index (χ3n) is 3.42. The summed E-state index contributed by atoms with van der Waals surface area (Å²) in [5, 5.41) is 0. The molecular formula is C18H22. The summed E-state index contributed by atoms with van der Waals surface area (Å²) in [6, 6.07) is 15.6. The van der Waals surface area contributed by atoms with Crippen molar-refractivity contribution in [2.45, 2.75) is 40.0 Å². The smallest absolute Gasteiger partial charge is 0.0132 e. The molecule has 0 saturated carbocycles. The van der Waals surface area contributed by atoms with E-state index in [-0.39, 0.29) is 5.41 Å². The Morgan fingerprint density at radius 1 is 0.833 bits per heavy atom. The molecule has 0 unspecified atom stereocenters. The van der Waals surface area contributed by atoms with Gasteiger partial charge in [0.15, 0.2) is 0 Å². The normalized spacial score (nSPS) is 11.6. The van der Waals surface area contributed by atoms with Crippen molar-refractivity contribution in [3.05, 3.63) is 59.2 Å². The third kappa shape index (κ3) is 2.64. The molecule has 18 heavy (non-hydrogen) atoms. The van der Waals surface area contributed by atoms with Crippen molar-refractivity contribution in [1.82, 2.24) is 0 Å². The van der Waals surface area contributed by atoms with E-state index in [0.29, 0.717) is 0 Å². The predicted molar refractivity (Wildman–Crippen MR) is 80.1 cm³/mol. The molecule has 0 aliphatic heterocycles. The second kappa shape index (κ2) is 4.61. The van der Waals surface area contributed by atoms with Crippen LogP contribution in [0.1, 0.15) is 37.5 Å². The molecule has 0 fully saturated rings. The summed E-state index contributed by atoms with van der Waals surface area (Å²) in [6.07, 6.45) is 0. The molecule has 0 bridgehead atoms. The lowest BCUT2D eigenvalue weighted by Gasteiger charge is -2.20. The summed E-state index contributed by atoms with van der Waals surface area (Å²) >= 11 is 0. The molecule has 0 radical (unpaired) electrons. The van der Waals surface area contributed by atoms with Crippen molar-refractivity contribution in [3.63, 3.8) is 0 Å². The number of hydrogen-bond acceptors (Lipinski definition) is 0. The first-order chi connectivity index (χ1) is 8.38. The first-order valence-electron chi connectivity index (χ1n) is 6.56. The van der Waals surface area contributed by atoms with E-state index in [2.05, 4.69) is 77.1 Å². The standard InChI is InChI=1S/C18H22/c1-13-9-10-17(14(2)11-13)15-7-6-8-16(12-15)18(3,4)5/h6-12H,1-5H3. The molecule has 0 amide bonds. The molecule has 0 atom stereocenters. The average Bonchev–Trinajstić information content (AvgIpc) is 2.28. The van der Waals surface area contributed by atoms with Crippen LogP contribution in [0, 0.1) is 13.8 Å². The molecule has 0 spiro atoms. The number of hydrogen-bond donors (Lipinski definition) is 0. The minimum Gasteiger partial charge on any atom is -0.0614 e. The minimum absolute atomic E-state index is 0.203. The van der Waals surface area contributed by atoms with Crippen molar-refractivity contribution in [2.75, 3.05) is 0 Å². The number of aryl methyl sites for hydroxylation is 2. The Morgan fingerprint density at radius 2 is 1.56 bits per heavy atom. The summed E-state index contributed by atoms with van der Waals surface area (Å²) in [5.41, 5.74) is 6.92. The number of rotatable bonds is 1. The molecule has 0 saturated heterocycles. The van der Waals surface area contributed by atoms with Gasteiger partial charge in [-0.2, -0.15) is 0 Å². The third-order valence-corrected chi connectivity index (χ3v) is 3.42. The van der Waals surface area contributed by atoms with E-state index in [1.807, 2.05) is 0 Å². The molecule has 0 aliphatic carbocycles. The largest absolute Gasteiger partial charge is 0.0614 e. The zero-order valence-electron chi connectivity index (χ0n) is 12.0. The minimum atomic E-state index is 0.203. The lowest BCUT2D eigenvalue weighted by molar-refractivity contribution is 0.590. The van der Waals surface area contributed by atoms with Gasteiger partial charge in [0, 0.05) is 0 Å². The number of benzene rings is 2. The summed E-state index contributed by atoms with van der Waals surface area (Å²) < 4.78 is 0. The highest BCUT2D eigenvalue weighted by Crippen LogP contribution is 2.29. The zero-order valence-corrected chi connectivity index (χ0v) is 12.0. The van der Waals surface area contributed by atoms with E-state index in [1.54, 1.807) is 0 Å². The molecule has 0 aliphatic rings. The first kappa shape index (κ1) is 12.9. The molecule has 2 aromatic rings. The first-order valence-corrected chi connectivity index (χ1v) is 6.56. The molecule has 0 heterocycles. The van der Waals surface area contributed by atoms with Crippen LogP contribution in [0.4, 0.5) is 0 Å². The highest BCUT2D eigenvalue weighted by molar-refractivity contribution is 5.68. The van der Waals surface area contributed by atoms with E-state index >= 15 is 0 Å². The van der Waals surface area contributed by atoms with Gasteiger partial charge in [-0.05, 0) is 41.5 Å². The summed E-state index contributed by atoms with van der Waals surface area (Å²) in [5.74, 6) is 0. The van der Waals surface area contributed by atoms with Crippen molar-refractivity contribution in [1.29, 1.82) is 0 Å². The lowest BCUT2D eigenvalue weighted by Crippen LogP contribution is -2.10. The topological polar surface area (TPSA) is 0 Å². The fourth-order valence-electron chi connectivity index (χ4n) is 2.29. The van der Waals surface area contributed by atoms with Crippen LogP contribution in [-0.4, -0.2) is 0 Å². The lowest BCUT2D eigenvalue weighted by atomic mass is 9.85. The van der Waals surface area contributed by atoms with Gasteiger partial charge >= 0.3 is 0 Å². The van der Waals surface area contributed by atoms with Gasteiger partial charge in [0.1, 0.15) is 0 Å². The van der Waals surface area contributed by atoms with Gasteiger partial charge in [0.25, 0.3) is 0 Å². The Balaban J connectivity index is 2.51. The van der Waals surface area contributed by atoms with E-state index in [4.69, 9.17) is 0 Å². The quantitative estimate of drug-likeness (QED) is 0.635. The van der Waals surface area contributed by atoms with E-state index in [9.17, 15) is 0 Å². The maximum absolute atomic E-state index is 2.32. The Kier molecular flexibility index (Phi) is 3.30. The van der Waals surface area contributed by atoms with Crippen LogP contribution < -0.4 is 0 Å². The van der Waals surface area contributed by atoms with Gasteiger partial charge in [-0.3, -0.25) is 0 Å². The van der Waals surface area contributed by atoms with E-state index in [1.165, 1.54) is 27.8 Å². The van der Waals surface area contributed by atoms with Crippen molar-refractivity contribution >= 4 is 0 Å². The average molecular weight is 238 g/mol. The van der Waals surface area contributed by atoms with Crippen molar-refractivity contribution < 1.29 is 0 Å². The van der Waals surface area contributed by atoms with Crippen LogP contribution in [0.5, 0.6) is 0 Å². The highest BCUT2D eigenvalue weighted by Gasteiger charge is 2.14. The molecule has 0 heteroatoms. The van der Waals surface area contributed by atoms with Crippen LogP contribution in [-0.2, 0) is 5.41 Å². The monoisotopic (exact) mass is 238 g/mol. The fourth-order valence-corrected chi connectivity index (χ4v) is 2.29. The SMILES string of the molecule is Cc1ccc(-c2cccc(C(C)(C)C)c2)c(C)c1. The molecule has 0 aromatic heterocycles. The van der Waals surface area contributed by atoms with Gasteiger partial charge < -0.3 is 0 Å². The van der Waals surface area contributed by atoms with Gasteiger partial charge in [-0.1, -0.05) is 68.8 Å². The summed E-state index contributed by atoms with van der Waals surface area (Å²) in [4.78, 5) is 0. The summed E-state index contributed by atoms with van der Waals surface area (Å²) in [6.45, 7) is 11.1. The fraction of sp³-hybridized carbons (Fsp3) is 0.333. The Hall–Kier alpha value is -1.56. The van der Waals surface area contributed by atoms with E-state index in [0.717, 1.165) is 0 Å². The molecule has 2 rings (SSSR count). The van der Waals surface area contributed by atoms with Gasteiger partial charge in [0.2, 0.25) is 0 Å². The second-order valence-electron chi connectivity index (χ2n) is 6.15. The second-order valence-corrected chi connectivity index (χ2v) is 6.15. The van der Waals surface area contributed by atoms with Crippen LogP contribution in [0.25, 0.3) is 11.1 Å². The van der Waals surface area contributed by atoms with Crippen LogP contribution >= 0.6 is 0 Å². The van der Waals surface area contributed by atoms with Crippen molar-refractivity contribution in [2.24, 2.45) is 0 Å². The highest BCUT2D eigenvalue weighted by atomic mass is 14.2. The molecule has 0 N–H and O–H groups in total. The molecular weight excluding hydrogens is 216 g/mol. The molecule has 2 aromatic carbocycles. The Morgan fingerprint density at radius 3 is 2.17 bits per heavy atom. The van der Waals surface area contributed by atoms with Crippen LogP contribution in [0.15, 0.2) is 42.5 Å². The molecule has 0 nitrogen and oxygen atoms in total. The van der Waals surface area contributed by atoms with Gasteiger partial charge in [0.05, 0.1) is 0 Å². The maximum atomic E-state index is 2.32. The van der Waals surface area contributed by atoms with E-state index < -0.39 is 0 Å². The van der Waals surface area contributed by atoms with Crippen LogP contribution in [0.2, 0.25) is 0 Å². The molecule has 94 valence electrons. The summed E-state index contributed by atoms with van der Waals surface area (Å²) in [7, 11) is 0. The zero-order chi connectivity index (χ0) is 13.3. The Bertz CT molecular complexity index is 556. The van der Waals surface area contributed by atoms with Gasteiger partial charge in [-0.25, -0.2) is 0 Å². The maximum Gasteiger partial charge on any atom is -0.0132 e. The predicted octanol–water partition coefficient (Wildman–Crippen LogP) is 5.27. The van der Waals surface area contributed by atoms with Crippen LogP contribution in [0.3, 0.4) is 0 Å². The Labute approximate surface area is 111 Å². The van der Waals surface area contributed by atoms with Gasteiger partial charge in [-0.15, -0.1) is 0 Å². The van der Waals surface area contributed by atoms with Crippen molar-refractivity contribution in [3.8, 4) is 11.1 Å².